The minimum atomic E-state index is -0.573. The van der Waals surface area contributed by atoms with Crippen molar-refractivity contribution in [2.75, 3.05) is 39.3 Å². The summed E-state index contributed by atoms with van der Waals surface area (Å²) < 4.78 is 25.0. The maximum absolute atomic E-state index is 12.4. The Morgan fingerprint density at radius 2 is 0.883 bits per heavy atom. The first kappa shape index (κ1) is 68.2. The van der Waals surface area contributed by atoms with E-state index >= 15 is 0 Å². The van der Waals surface area contributed by atoms with Gasteiger partial charge in [0.15, 0.2) is 0 Å². The number of amides is 4. The number of carbonyl (C=O) groups excluding carboxylic acids is 8. The standard InChI is InChI=1S/C21H32N2O5.C16H24N2O3.C14H16O3.C7H16N2O2/c1-15(17-9-7-6-8-10-17)13-18(27-14-24)16(2)19(25)22-11-12-23-20(26)28-21(3,4)5;1-12(14-6-4-3-5-7-14)10-15(21-11-19)13(2)16(20)18-9-8-17;1-9(11-6-4-3-5-7-11)8-12-10(2)13(15)17-14(12)16;1-7(2,3)11-6(10)9-5-4-8/h6-10,14-16,18H,11-13H2,1-5H3,(H,22,25)(H,23,26);3-7,11-13,15H,8-10,17H2,1-2H3,(H,18,20);3-7,9-10,12H,8H2,1-2H3;4-5,8H2,1-3H3,(H,9,10)/t15?,16-,18?;12?,13-,15?;9?,10-,12?;/m111./s1. The third kappa shape index (κ3) is 28.7. The summed E-state index contributed by atoms with van der Waals surface area (Å²) in [5.74, 6) is -2.09. The molecule has 19 heteroatoms. The van der Waals surface area contributed by atoms with Crippen LogP contribution in [0, 0.1) is 23.7 Å². The molecule has 428 valence electrons. The van der Waals surface area contributed by atoms with Crippen molar-refractivity contribution >= 4 is 48.9 Å². The molecule has 1 saturated heterocycles. The largest absolute Gasteiger partial charge is 0.464 e. The number of benzene rings is 3. The van der Waals surface area contributed by atoms with E-state index in [2.05, 4.69) is 39.9 Å². The van der Waals surface area contributed by atoms with Crippen molar-refractivity contribution in [3.63, 3.8) is 0 Å². The lowest BCUT2D eigenvalue weighted by atomic mass is 9.85. The Hall–Kier alpha value is -6.86. The van der Waals surface area contributed by atoms with Crippen molar-refractivity contribution < 1.29 is 62.0 Å². The molecule has 1 aliphatic heterocycles. The minimum Gasteiger partial charge on any atom is -0.464 e. The van der Waals surface area contributed by atoms with Crippen LogP contribution in [-0.4, -0.2) is 112 Å². The van der Waals surface area contributed by atoms with Gasteiger partial charge < -0.3 is 56.4 Å². The van der Waals surface area contributed by atoms with Crippen molar-refractivity contribution in [2.24, 2.45) is 35.1 Å². The zero-order chi connectivity index (χ0) is 58.1. The van der Waals surface area contributed by atoms with Gasteiger partial charge in [-0.3, -0.25) is 28.8 Å². The fourth-order valence-corrected chi connectivity index (χ4v) is 7.67. The van der Waals surface area contributed by atoms with Gasteiger partial charge in [0.2, 0.25) is 11.8 Å². The molecule has 8 N–H and O–H groups in total. The van der Waals surface area contributed by atoms with Gasteiger partial charge in [-0.05, 0) is 95.2 Å². The van der Waals surface area contributed by atoms with E-state index in [4.69, 9.17) is 30.4 Å². The molecule has 77 heavy (non-hydrogen) atoms. The van der Waals surface area contributed by atoms with Crippen molar-refractivity contribution in [3.8, 4) is 0 Å². The van der Waals surface area contributed by atoms with E-state index in [1.807, 2.05) is 119 Å². The summed E-state index contributed by atoms with van der Waals surface area (Å²) in [5, 5.41) is 10.6. The van der Waals surface area contributed by atoms with Crippen LogP contribution in [0.1, 0.15) is 137 Å². The number of rotatable bonds is 24. The molecule has 0 bridgehead atoms. The van der Waals surface area contributed by atoms with Gasteiger partial charge in [0, 0.05) is 39.3 Å². The molecule has 0 radical (unpaired) electrons. The molecule has 1 aliphatic rings. The van der Waals surface area contributed by atoms with Gasteiger partial charge in [0.25, 0.3) is 12.9 Å². The third-order valence-corrected chi connectivity index (χ3v) is 12.1. The van der Waals surface area contributed by atoms with Crippen LogP contribution in [0.4, 0.5) is 9.59 Å². The van der Waals surface area contributed by atoms with Crippen molar-refractivity contribution in [2.45, 2.75) is 144 Å². The van der Waals surface area contributed by atoms with E-state index in [-0.39, 0.29) is 66.4 Å². The molecule has 4 rings (SSSR count). The molecule has 19 nitrogen and oxygen atoms in total. The summed E-state index contributed by atoms with van der Waals surface area (Å²) in [4.78, 5) is 91.2. The van der Waals surface area contributed by atoms with Gasteiger partial charge in [-0.2, -0.15) is 0 Å². The number of ether oxygens (including phenoxy) is 5. The van der Waals surface area contributed by atoms with E-state index in [9.17, 15) is 38.4 Å². The Bertz CT molecular complexity index is 2210. The van der Waals surface area contributed by atoms with Crippen molar-refractivity contribution in [3.05, 3.63) is 108 Å². The molecular weight excluding hydrogens is 989 g/mol. The average molecular weight is 1080 g/mol. The highest BCUT2D eigenvalue weighted by Gasteiger charge is 2.41. The SMILES string of the molecule is CC(C)(C)OC(=O)NCCN.CC(CC(OC=O)[C@@H](C)C(=O)NCCN)c1ccccc1.CC(CC(OC=O)[C@@H](C)C(=O)NCCNC(=O)OC(C)(C)C)c1ccccc1.CC(CC1C(=O)OC(=O)[C@@H]1C)c1ccccc1. The number of cyclic esters (lactones) is 2. The summed E-state index contributed by atoms with van der Waals surface area (Å²) in [5.41, 5.74) is 13.0. The minimum absolute atomic E-state index is 0.134. The predicted octanol–water partition coefficient (Wildman–Crippen LogP) is 7.42. The van der Waals surface area contributed by atoms with Gasteiger partial charge in [0.1, 0.15) is 23.4 Å². The number of nitrogens with two attached hydrogens (primary N) is 2. The molecule has 1 heterocycles. The lowest BCUT2D eigenvalue weighted by Crippen LogP contribution is -2.42. The second-order valence-electron chi connectivity index (χ2n) is 20.9. The molecule has 1 fully saturated rings. The Morgan fingerprint density at radius 3 is 1.22 bits per heavy atom. The Labute approximate surface area is 456 Å². The van der Waals surface area contributed by atoms with Crippen LogP contribution in [0.2, 0.25) is 0 Å². The molecule has 0 aromatic heterocycles. The molecule has 3 aromatic carbocycles. The number of esters is 2. The van der Waals surface area contributed by atoms with E-state index in [0.717, 1.165) is 11.1 Å². The Balaban J connectivity index is 0.000000538. The first-order valence-corrected chi connectivity index (χ1v) is 26.3. The van der Waals surface area contributed by atoms with Crippen LogP contribution in [0.25, 0.3) is 0 Å². The van der Waals surface area contributed by atoms with E-state index in [1.165, 1.54) is 5.56 Å². The van der Waals surface area contributed by atoms with Crippen LogP contribution in [-0.2, 0) is 52.5 Å². The summed E-state index contributed by atoms with van der Waals surface area (Å²) in [6.45, 7) is 25.2. The maximum Gasteiger partial charge on any atom is 0.407 e. The molecule has 9 atom stereocenters. The lowest BCUT2D eigenvalue weighted by molar-refractivity contribution is -0.154. The highest BCUT2D eigenvalue weighted by molar-refractivity contribution is 5.96. The zero-order valence-corrected chi connectivity index (χ0v) is 47.3. The Morgan fingerprint density at radius 1 is 0.545 bits per heavy atom. The number of alkyl carbamates (subject to hydrolysis) is 2. The molecule has 0 saturated carbocycles. The molecule has 4 amide bonds. The van der Waals surface area contributed by atoms with Gasteiger partial charge in [-0.1, -0.05) is 133 Å². The van der Waals surface area contributed by atoms with E-state index in [0.29, 0.717) is 58.4 Å². The van der Waals surface area contributed by atoms with Crippen LogP contribution in [0.5, 0.6) is 0 Å². The van der Waals surface area contributed by atoms with Crippen LogP contribution < -0.4 is 32.7 Å². The van der Waals surface area contributed by atoms with Crippen molar-refractivity contribution in [1.82, 2.24) is 21.3 Å². The Kier molecular flexibility index (Phi) is 32.1. The van der Waals surface area contributed by atoms with Gasteiger partial charge in [-0.15, -0.1) is 0 Å². The maximum atomic E-state index is 12.4. The highest BCUT2D eigenvalue weighted by atomic mass is 16.6. The quantitative estimate of drug-likeness (QED) is 0.0167. The normalized spacial score (nSPS) is 16.5. The van der Waals surface area contributed by atoms with Crippen LogP contribution >= 0.6 is 0 Å². The molecule has 0 aliphatic carbocycles. The zero-order valence-electron chi connectivity index (χ0n) is 47.3. The van der Waals surface area contributed by atoms with Gasteiger partial charge in [-0.25, -0.2) is 9.59 Å². The second kappa shape index (κ2) is 36.2. The number of hydrogen-bond acceptors (Lipinski definition) is 15. The monoisotopic (exact) mass is 1080 g/mol. The van der Waals surface area contributed by atoms with Crippen molar-refractivity contribution in [1.29, 1.82) is 0 Å². The van der Waals surface area contributed by atoms with E-state index < -0.39 is 47.4 Å². The van der Waals surface area contributed by atoms with Gasteiger partial charge in [0.05, 0.1) is 23.7 Å². The first-order chi connectivity index (χ1) is 36.3. The number of nitrogens with one attached hydrogen (secondary N) is 4. The van der Waals surface area contributed by atoms with Crippen LogP contribution in [0.15, 0.2) is 91.0 Å². The smallest absolute Gasteiger partial charge is 0.407 e. The predicted molar refractivity (Wildman–Crippen MR) is 295 cm³/mol. The summed E-state index contributed by atoms with van der Waals surface area (Å²) in [6, 6.07) is 29.8. The van der Waals surface area contributed by atoms with Gasteiger partial charge >= 0.3 is 24.1 Å². The van der Waals surface area contributed by atoms with E-state index in [1.54, 1.807) is 41.5 Å². The highest BCUT2D eigenvalue weighted by Crippen LogP contribution is 2.33. The summed E-state index contributed by atoms with van der Waals surface area (Å²) in [6.07, 6.45) is -0.137. The molecule has 3 aromatic rings. The lowest BCUT2D eigenvalue weighted by Gasteiger charge is -2.25. The first-order valence-electron chi connectivity index (χ1n) is 26.3. The molecule has 6 unspecified atom stereocenters. The number of carbonyl (C=O) groups is 8. The third-order valence-electron chi connectivity index (χ3n) is 12.1. The average Bonchev–Trinajstić information content (AvgIpc) is 3.63. The molecule has 0 spiro atoms. The summed E-state index contributed by atoms with van der Waals surface area (Å²) >= 11 is 0. The second-order valence-corrected chi connectivity index (χ2v) is 20.9. The number of hydrogen-bond donors (Lipinski definition) is 6. The fraction of sp³-hybridized carbons (Fsp3) is 0.552. The molecular formula is C58H88N6O13. The topological polar surface area (TPSA) is 283 Å². The summed E-state index contributed by atoms with van der Waals surface area (Å²) in [7, 11) is 0. The van der Waals surface area contributed by atoms with Crippen LogP contribution in [0.3, 0.4) is 0 Å². The fourth-order valence-electron chi connectivity index (χ4n) is 7.67.